The molecule has 4 aliphatic carbocycles. The van der Waals surface area contributed by atoms with Gasteiger partial charge >= 0.3 is 0 Å². The smallest absolute Gasteiger partial charge is 0.239 e. The summed E-state index contributed by atoms with van der Waals surface area (Å²) >= 11 is 0. The molecule has 3 saturated carbocycles. The zero-order valence-corrected chi connectivity index (χ0v) is 19.9. The third-order valence-corrected chi connectivity index (χ3v) is 11.0. The van der Waals surface area contributed by atoms with Gasteiger partial charge in [0.25, 0.3) is 0 Å². The topological polar surface area (TPSA) is 49.6 Å². The molecule has 1 aliphatic heterocycles. The molecule has 4 nitrogen and oxygen atoms in total. The minimum Gasteiger partial charge on any atom is -0.341 e. The maximum atomic E-state index is 12.5. The van der Waals surface area contributed by atoms with E-state index in [1.807, 2.05) is 18.9 Å². The molecule has 0 radical (unpaired) electrons. The van der Waals surface area contributed by atoms with E-state index in [4.69, 9.17) is 5.73 Å². The Balaban J connectivity index is 1.38. The number of likely N-dealkylation sites (N-methyl/N-ethyl adjacent to an activating group) is 1. The lowest BCUT2D eigenvalue weighted by atomic mass is 9.47. The average Bonchev–Trinajstić information content (AvgIpc) is 3.20. The zero-order valence-electron chi connectivity index (χ0n) is 19.9. The van der Waals surface area contributed by atoms with E-state index in [1.165, 1.54) is 45.1 Å². The Bertz CT molecular complexity index is 747. The molecule has 1 heterocycles. The molecule has 9 atom stereocenters. The predicted octanol–water partition coefficient (Wildman–Crippen LogP) is 4.05. The van der Waals surface area contributed by atoms with Gasteiger partial charge in [-0.3, -0.25) is 4.79 Å². The van der Waals surface area contributed by atoms with E-state index in [2.05, 4.69) is 31.9 Å². The first-order valence-corrected chi connectivity index (χ1v) is 12.6. The molecule has 4 fully saturated rings. The number of likely N-dealkylation sites (tertiary alicyclic amines) is 1. The second-order valence-electron chi connectivity index (χ2n) is 12.0. The van der Waals surface area contributed by atoms with E-state index in [1.54, 1.807) is 5.57 Å². The molecule has 1 saturated heterocycles. The summed E-state index contributed by atoms with van der Waals surface area (Å²) in [6.07, 6.45) is 13.1. The number of hydrogen-bond acceptors (Lipinski definition) is 3. The number of rotatable bonds is 2. The highest BCUT2D eigenvalue weighted by Crippen LogP contribution is 2.68. The minimum atomic E-state index is -0.398. The molecular weight excluding hydrogens is 370 g/mol. The number of hydrogen-bond donors (Lipinski definition) is 1. The van der Waals surface area contributed by atoms with Crippen molar-refractivity contribution in [2.24, 2.45) is 40.2 Å². The van der Waals surface area contributed by atoms with Gasteiger partial charge in [-0.1, -0.05) is 18.6 Å². The lowest BCUT2D eigenvalue weighted by Crippen LogP contribution is -2.53. The normalized spacial score (nSPS) is 48.8. The number of carbonyl (C=O) groups excluding carboxylic acids is 1. The molecule has 4 heteroatoms. The lowest BCUT2D eigenvalue weighted by Gasteiger charge is -2.58. The first kappa shape index (κ1) is 21.0. The third kappa shape index (κ3) is 2.75. The van der Waals surface area contributed by atoms with Crippen molar-refractivity contribution in [3.63, 3.8) is 0 Å². The highest BCUT2D eigenvalue weighted by atomic mass is 16.2. The van der Waals surface area contributed by atoms with E-state index < -0.39 is 6.04 Å². The van der Waals surface area contributed by atoms with Crippen LogP contribution in [0.5, 0.6) is 0 Å². The first-order chi connectivity index (χ1) is 14.2. The maximum Gasteiger partial charge on any atom is 0.239 e. The van der Waals surface area contributed by atoms with Crippen molar-refractivity contribution in [3.05, 3.63) is 11.6 Å². The van der Waals surface area contributed by atoms with Crippen LogP contribution in [-0.2, 0) is 4.79 Å². The van der Waals surface area contributed by atoms with Crippen molar-refractivity contribution < 1.29 is 4.79 Å². The molecule has 5 aliphatic rings. The standard InChI is InChI=1S/C26H43N3O/c1-16(27)24(30)29(5)19-10-12-25(3)18(14-19)6-7-20-22(25)11-13-26-15-28(4)17(2)21(26)8-9-23(20)26/h6,16-17,19-23H,7-15,27H2,1-5H3. The largest absolute Gasteiger partial charge is 0.341 e. The average molecular weight is 414 g/mol. The van der Waals surface area contributed by atoms with Crippen LogP contribution in [0.4, 0.5) is 0 Å². The number of amides is 1. The Morgan fingerprint density at radius 2 is 1.93 bits per heavy atom. The molecular formula is C26H43N3O. The highest BCUT2D eigenvalue weighted by molar-refractivity contribution is 5.81. The van der Waals surface area contributed by atoms with Crippen molar-refractivity contribution in [3.8, 4) is 0 Å². The van der Waals surface area contributed by atoms with E-state index in [0.717, 1.165) is 42.6 Å². The van der Waals surface area contributed by atoms with Crippen LogP contribution in [0, 0.1) is 34.5 Å². The third-order valence-electron chi connectivity index (χ3n) is 11.0. The highest BCUT2D eigenvalue weighted by Gasteiger charge is 2.64. The van der Waals surface area contributed by atoms with Gasteiger partial charge in [0.05, 0.1) is 6.04 Å². The summed E-state index contributed by atoms with van der Waals surface area (Å²) < 4.78 is 0. The Kier molecular flexibility index (Phi) is 4.95. The second-order valence-corrected chi connectivity index (χ2v) is 12.0. The van der Waals surface area contributed by atoms with Gasteiger partial charge in [-0.05, 0) is 107 Å². The summed E-state index contributed by atoms with van der Waals surface area (Å²) in [4.78, 5) is 17.1. The molecule has 2 N–H and O–H groups in total. The van der Waals surface area contributed by atoms with E-state index >= 15 is 0 Å². The number of nitrogens with two attached hydrogens (primary N) is 1. The summed E-state index contributed by atoms with van der Waals surface area (Å²) in [5.74, 6) is 3.69. The van der Waals surface area contributed by atoms with Gasteiger partial charge in [0.2, 0.25) is 5.91 Å². The monoisotopic (exact) mass is 413 g/mol. The molecule has 30 heavy (non-hydrogen) atoms. The van der Waals surface area contributed by atoms with Crippen LogP contribution in [0.2, 0.25) is 0 Å². The minimum absolute atomic E-state index is 0.0916. The molecule has 5 rings (SSSR count). The van der Waals surface area contributed by atoms with Gasteiger partial charge in [0, 0.05) is 25.7 Å². The van der Waals surface area contributed by atoms with Crippen molar-refractivity contribution in [2.45, 2.75) is 90.3 Å². The van der Waals surface area contributed by atoms with Crippen molar-refractivity contribution in [2.75, 3.05) is 20.6 Å². The van der Waals surface area contributed by atoms with Gasteiger partial charge in [-0.15, -0.1) is 0 Å². The predicted molar refractivity (Wildman–Crippen MR) is 122 cm³/mol. The van der Waals surface area contributed by atoms with Gasteiger partial charge in [-0.25, -0.2) is 0 Å². The molecule has 1 spiro atoms. The van der Waals surface area contributed by atoms with Gasteiger partial charge in [0.15, 0.2) is 0 Å². The Labute approximate surface area is 183 Å². The van der Waals surface area contributed by atoms with Crippen LogP contribution >= 0.6 is 0 Å². The van der Waals surface area contributed by atoms with Crippen LogP contribution in [0.1, 0.15) is 72.1 Å². The van der Waals surface area contributed by atoms with Crippen LogP contribution in [0.15, 0.2) is 11.6 Å². The number of carbonyl (C=O) groups is 1. The summed E-state index contributed by atoms with van der Waals surface area (Å²) in [5.41, 5.74) is 8.51. The molecule has 168 valence electrons. The van der Waals surface area contributed by atoms with Crippen LogP contribution in [-0.4, -0.2) is 54.5 Å². The van der Waals surface area contributed by atoms with Gasteiger partial charge in [0.1, 0.15) is 0 Å². The maximum absolute atomic E-state index is 12.5. The van der Waals surface area contributed by atoms with E-state index in [9.17, 15) is 4.79 Å². The number of nitrogens with zero attached hydrogens (tertiary/aromatic N) is 2. The molecule has 0 aromatic heterocycles. The van der Waals surface area contributed by atoms with Gasteiger partial charge < -0.3 is 15.5 Å². The Morgan fingerprint density at radius 3 is 2.67 bits per heavy atom. The van der Waals surface area contributed by atoms with Gasteiger partial charge in [-0.2, -0.15) is 0 Å². The Hall–Kier alpha value is -0.870. The summed E-state index contributed by atoms with van der Waals surface area (Å²) in [6.45, 7) is 8.21. The summed E-state index contributed by atoms with van der Waals surface area (Å²) in [5, 5.41) is 0. The van der Waals surface area contributed by atoms with Crippen molar-refractivity contribution in [1.82, 2.24) is 9.80 Å². The summed E-state index contributed by atoms with van der Waals surface area (Å²) in [6, 6.07) is 0.699. The Morgan fingerprint density at radius 1 is 1.20 bits per heavy atom. The van der Waals surface area contributed by atoms with Crippen LogP contribution < -0.4 is 5.73 Å². The fourth-order valence-corrected chi connectivity index (χ4v) is 9.28. The van der Waals surface area contributed by atoms with E-state index in [-0.39, 0.29) is 5.91 Å². The van der Waals surface area contributed by atoms with Crippen LogP contribution in [0.3, 0.4) is 0 Å². The van der Waals surface area contributed by atoms with Crippen molar-refractivity contribution >= 4 is 5.91 Å². The molecule has 9 unspecified atom stereocenters. The number of allylic oxidation sites excluding steroid dienone is 1. The lowest BCUT2D eigenvalue weighted by molar-refractivity contribution is -0.134. The summed E-state index contributed by atoms with van der Waals surface area (Å²) in [7, 11) is 4.33. The molecule has 0 bridgehead atoms. The number of fused-ring (bicyclic) bond motifs is 4. The SMILES string of the molecule is CC(N)C(=O)N(C)C1CCC2(C)C(=CCC3C2CCC24CN(C)C(C)C2CCC34)C1. The fourth-order valence-electron chi connectivity index (χ4n) is 9.28. The molecule has 0 aromatic carbocycles. The fraction of sp³-hybridized carbons (Fsp3) is 0.885. The molecule has 0 aromatic rings. The van der Waals surface area contributed by atoms with Crippen molar-refractivity contribution in [1.29, 1.82) is 0 Å². The molecule has 1 amide bonds. The zero-order chi connectivity index (χ0) is 21.4. The second kappa shape index (κ2) is 7.07. The van der Waals surface area contributed by atoms with Crippen LogP contribution in [0.25, 0.3) is 0 Å². The quantitative estimate of drug-likeness (QED) is 0.695. The van der Waals surface area contributed by atoms with E-state index in [0.29, 0.717) is 16.9 Å². The first-order valence-electron chi connectivity index (χ1n) is 12.6.